The third-order valence-electron chi connectivity index (χ3n) is 4.99. The summed E-state index contributed by atoms with van der Waals surface area (Å²) in [5, 5.41) is 14.1. The number of nitrogens with two attached hydrogens (primary N) is 1. The van der Waals surface area contributed by atoms with Crippen molar-refractivity contribution in [3.8, 4) is 0 Å². The number of nitro benzene ring substituents is 1. The number of nitrogens with one attached hydrogen (secondary N) is 2. The highest BCUT2D eigenvalue weighted by Crippen LogP contribution is 2.18. The summed E-state index contributed by atoms with van der Waals surface area (Å²) in [5.41, 5.74) is 6.89. The first-order valence-electron chi connectivity index (χ1n) is 11.3. The van der Waals surface area contributed by atoms with Crippen molar-refractivity contribution in [2.24, 2.45) is 11.7 Å². The summed E-state index contributed by atoms with van der Waals surface area (Å²) in [7, 11) is 0. The van der Waals surface area contributed by atoms with Gasteiger partial charge in [0.05, 0.1) is 17.0 Å². The molecule has 4 amide bonds. The zero-order valence-electron chi connectivity index (χ0n) is 20.8. The molecule has 0 aromatic heterocycles. The van der Waals surface area contributed by atoms with Crippen LogP contribution in [0.4, 0.5) is 14.9 Å². The lowest BCUT2D eigenvalue weighted by molar-refractivity contribution is -0.384. The van der Waals surface area contributed by atoms with Crippen LogP contribution in [-0.2, 0) is 20.9 Å². The van der Waals surface area contributed by atoms with Gasteiger partial charge in [0.15, 0.2) is 0 Å². The maximum absolute atomic E-state index is 14.4. The van der Waals surface area contributed by atoms with Crippen LogP contribution >= 0.6 is 13.5 Å². The Morgan fingerprint density at radius 3 is 2.37 bits per heavy atom. The van der Waals surface area contributed by atoms with Gasteiger partial charge in [0.2, 0.25) is 5.91 Å². The Morgan fingerprint density at radius 2 is 1.79 bits per heavy atom. The van der Waals surface area contributed by atoms with E-state index >= 15 is 0 Å². The van der Waals surface area contributed by atoms with Crippen LogP contribution in [-0.4, -0.2) is 46.3 Å². The van der Waals surface area contributed by atoms with E-state index in [-0.39, 0.29) is 32.4 Å². The molecule has 0 unspecified atom stereocenters. The lowest BCUT2D eigenvalue weighted by atomic mass is 10.0. The maximum atomic E-state index is 14.4. The Balaban J connectivity index is 0.00000722. The average molecular weight is 552 g/mol. The Morgan fingerprint density at radius 1 is 1.13 bits per heavy atom. The number of benzene rings is 2. The molecule has 206 valence electrons. The lowest BCUT2D eigenvalue weighted by Gasteiger charge is -2.27. The van der Waals surface area contributed by atoms with Crippen molar-refractivity contribution >= 4 is 43.0 Å². The molecule has 0 spiro atoms. The molecule has 0 radical (unpaired) electrons. The van der Waals surface area contributed by atoms with Crippen molar-refractivity contribution in [2.75, 3.05) is 6.54 Å². The average Bonchev–Trinajstić information content (AvgIpc) is 2.84. The van der Waals surface area contributed by atoms with E-state index in [1.165, 1.54) is 0 Å². The van der Waals surface area contributed by atoms with Crippen molar-refractivity contribution in [3.05, 3.63) is 75.6 Å². The zero-order chi connectivity index (χ0) is 27.5. The number of halogens is 1. The predicted molar refractivity (Wildman–Crippen MR) is 139 cm³/mol. The van der Waals surface area contributed by atoms with E-state index in [0.29, 0.717) is 11.1 Å². The number of hydrogen-bond acceptors (Lipinski definition) is 7. The highest BCUT2D eigenvalue weighted by molar-refractivity contribution is 7.59. The molecule has 0 aliphatic rings. The minimum Gasteiger partial charge on any atom is -0.445 e. The van der Waals surface area contributed by atoms with E-state index in [4.69, 9.17) is 10.5 Å². The van der Waals surface area contributed by atoms with Crippen molar-refractivity contribution in [1.29, 1.82) is 0 Å². The van der Waals surface area contributed by atoms with Crippen molar-refractivity contribution < 1.29 is 33.2 Å². The quantitative estimate of drug-likeness (QED) is 0.284. The summed E-state index contributed by atoms with van der Waals surface area (Å²) in [5.74, 6) is -3.96. The van der Waals surface area contributed by atoms with Crippen LogP contribution in [0.15, 0.2) is 48.5 Å². The zero-order valence-corrected chi connectivity index (χ0v) is 21.8. The second-order valence-corrected chi connectivity index (χ2v) is 8.46. The number of nitro groups is 1. The van der Waals surface area contributed by atoms with Crippen molar-refractivity contribution in [1.82, 2.24) is 15.8 Å². The summed E-state index contributed by atoms with van der Waals surface area (Å²) in [6, 6.07) is 10.0. The largest absolute Gasteiger partial charge is 0.445 e. The van der Waals surface area contributed by atoms with Crippen LogP contribution in [0.3, 0.4) is 0 Å². The minimum atomic E-state index is -1.16. The number of alkyl carbamates (subject to hydrolysis) is 1. The van der Waals surface area contributed by atoms with Crippen molar-refractivity contribution in [3.63, 3.8) is 0 Å². The van der Waals surface area contributed by atoms with Crippen LogP contribution in [0.25, 0.3) is 0 Å². The summed E-state index contributed by atoms with van der Waals surface area (Å²) in [6.45, 7) is 3.10. The van der Waals surface area contributed by atoms with Gasteiger partial charge in [-0.25, -0.2) is 14.2 Å². The molecule has 2 aromatic rings. The molecule has 0 bridgehead atoms. The number of rotatable bonds is 11. The molecule has 0 saturated heterocycles. The first-order valence-corrected chi connectivity index (χ1v) is 11.3. The van der Waals surface area contributed by atoms with Gasteiger partial charge in [0.1, 0.15) is 18.5 Å². The van der Waals surface area contributed by atoms with Crippen LogP contribution in [0.5, 0.6) is 0 Å². The van der Waals surface area contributed by atoms with Gasteiger partial charge in [-0.15, -0.1) is 0 Å². The Labute approximate surface area is 225 Å². The summed E-state index contributed by atoms with van der Waals surface area (Å²) in [4.78, 5) is 59.9. The second-order valence-electron chi connectivity index (χ2n) is 8.46. The van der Waals surface area contributed by atoms with E-state index in [2.05, 4.69) is 10.7 Å². The SMILES string of the molecule is CC(C)C[C@H](NC(=O)OCc1ccccc1)C(=O)NN(CCC(N)=O)C(=O)c1cc([N+](=O)[O-])ccc1F.S. The fourth-order valence-electron chi connectivity index (χ4n) is 3.19. The molecule has 14 heteroatoms. The van der Waals surface area contributed by atoms with E-state index in [1.54, 1.807) is 44.2 Å². The first kappa shape index (κ1) is 31.8. The van der Waals surface area contributed by atoms with Gasteiger partial charge in [-0.2, -0.15) is 13.5 Å². The number of amides is 4. The maximum Gasteiger partial charge on any atom is 0.408 e. The van der Waals surface area contributed by atoms with Crippen LogP contribution in [0.1, 0.15) is 42.6 Å². The third kappa shape index (κ3) is 10.0. The highest BCUT2D eigenvalue weighted by Gasteiger charge is 2.28. The summed E-state index contributed by atoms with van der Waals surface area (Å²) < 4.78 is 19.5. The number of primary amides is 1. The first-order chi connectivity index (χ1) is 17.5. The van der Waals surface area contributed by atoms with E-state index in [0.717, 1.165) is 17.7 Å². The molecule has 0 heterocycles. The molecule has 0 fully saturated rings. The van der Waals surface area contributed by atoms with Gasteiger partial charge >= 0.3 is 6.09 Å². The molecular formula is C24H30FN5O7S. The number of nitrogens with zero attached hydrogens (tertiary/aromatic N) is 2. The minimum absolute atomic E-state index is 0. The van der Waals surface area contributed by atoms with Gasteiger partial charge in [-0.3, -0.25) is 29.9 Å². The Hall–Kier alpha value is -4.20. The van der Waals surface area contributed by atoms with Gasteiger partial charge < -0.3 is 15.8 Å². The summed E-state index contributed by atoms with van der Waals surface area (Å²) in [6.07, 6.45) is -1.14. The number of ether oxygens (including phenoxy) is 1. The van der Waals surface area contributed by atoms with Gasteiger partial charge in [-0.1, -0.05) is 44.2 Å². The molecular weight excluding hydrogens is 521 g/mol. The fourth-order valence-corrected chi connectivity index (χ4v) is 3.19. The summed E-state index contributed by atoms with van der Waals surface area (Å²) >= 11 is 0. The third-order valence-corrected chi connectivity index (χ3v) is 4.99. The molecule has 2 aromatic carbocycles. The molecule has 2 rings (SSSR count). The number of non-ortho nitro benzene ring substituents is 1. The van der Waals surface area contributed by atoms with Crippen LogP contribution in [0.2, 0.25) is 0 Å². The monoisotopic (exact) mass is 551 g/mol. The van der Waals surface area contributed by atoms with E-state index < -0.39 is 64.8 Å². The standard InChI is InChI=1S/C24H28FN5O7.H2S/c1-15(2)12-20(27-24(34)37-14-16-6-4-3-5-7-16)22(32)28-29(11-10-21(26)31)23(33)18-13-17(30(35)36)8-9-19(18)25;/h3-9,13,15,20H,10-12,14H2,1-2H3,(H2,26,31)(H,27,34)(H,28,32);1H2/t20-;/m0./s1. The Bertz CT molecular complexity index is 1150. The van der Waals surface area contributed by atoms with Gasteiger partial charge in [0.25, 0.3) is 17.5 Å². The lowest BCUT2D eigenvalue weighted by Crippen LogP contribution is -2.55. The van der Waals surface area contributed by atoms with E-state index in [1.807, 2.05) is 0 Å². The molecule has 1 atom stereocenters. The topological polar surface area (TPSA) is 174 Å². The highest BCUT2D eigenvalue weighted by atomic mass is 32.1. The van der Waals surface area contributed by atoms with Gasteiger partial charge in [-0.05, 0) is 24.0 Å². The number of carbonyl (C=O) groups is 4. The normalized spacial score (nSPS) is 11.1. The van der Waals surface area contributed by atoms with Crippen LogP contribution in [0, 0.1) is 21.8 Å². The van der Waals surface area contributed by atoms with E-state index in [9.17, 15) is 33.7 Å². The number of hydrogen-bond donors (Lipinski definition) is 3. The number of hydrazine groups is 1. The molecule has 0 aliphatic carbocycles. The smallest absolute Gasteiger partial charge is 0.408 e. The molecule has 0 saturated carbocycles. The van der Waals surface area contributed by atoms with Gasteiger partial charge in [0, 0.05) is 18.6 Å². The molecule has 4 N–H and O–H groups in total. The molecule has 12 nitrogen and oxygen atoms in total. The molecule has 38 heavy (non-hydrogen) atoms. The second kappa shape index (κ2) is 15.1. The molecule has 0 aliphatic heterocycles. The number of carbonyl (C=O) groups excluding carboxylic acids is 4. The fraction of sp³-hybridized carbons (Fsp3) is 0.333. The van der Waals surface area contributed by atoms with Crippen LogP contribution < -0.4 is 16.5 Å². The Kier molecular flexibility index (Phi) is 12.7. The van der Waals surface area contributed by atoms with Crippen molar-refractivity contribution in [2.45, 2.75) is 39.3 Å². The predicted octanol–water partition coefficient (Wildman–Crippen LogP) is 2.54.